The van der Waals surface area contributed by atoms with Gasteiger partial charge in [-0.25, -0.2) is 4.39 Å². The fraction of sp³-hybridized carbons (Fsp3) is 0.429. The van der Waals surface area contributed by atoms with Gasteiger partial charge in [0.25, 0.3) is 0 Å². The second-order valence-corrected chi connectivity index (χ2v) is 5.37. The maximum Gasteiger partial charge on any atom is 0.142 e. The van der Waals surface area contributed by atoms with Crippen molar-refractivity contribution in [3.8, 4) is 0 Å². The van der Waals surface area contributed by atoms with E-state index in [1.54, 1.807) is 0 Å². The van der Waals surface area contributed by atoms with Crippen molar-refractivity contribution in [3.05, 3.63) is 39.6 Å². The Morgan fingerprint density at radius 3 is 2.83 bits per heavy atom. The van der Waals surface area contributed by atoms with Gasteiger partial charge in [0, 0.05) is 11.1 Å². The molecular weight excluding hydrogens is 272 g/mol. The number of nitrogens with one attached hydrogen (secondary N) is 1. The molecule has 1 aliphatic heterocycles. The molecule has 98 valence electrons. The van der Waals surface area contributed by atoms with Gasteiger partial charge in [-0.05, 0) is 37.1 Å². The molecule has 0 bridgehead atoms. The van der Waals surface area contributed by atoms with Crippen molar-refractivity contribution in [3.63, 3.8) is 0 Å². The topological polar surface area (TPSA) is 12.0 Å². The van der Waals surface area contributed by atoms with E-state index in [0.717, 1.165) is 13.0 Å². The van der Waals surface area contributed by atoms with Gasteiger partial charge in [-0.1, -0.05) is 48.2 Å². The Morgan fingerprint density at radius 2 is 2.00 bits per heavy atom. The fourth-order valence-corrected chi connectivity index (χ4v) is 2.55. The lowest BCUT2D eigenvalue weighted by Crippen LogP contribution is -2.25. The molecule has 1 saturated heterocycles. The summed E-state index contributed by atoms with van der Waals surface area (Å²) in [5, 5.41) is 3.99. The van der Waals surface area contributed by atoms with Crippen LogP contribution in [-0.4, -0.2) is 12.6 Å². The van der Waals surface area contributed by atoms with Gasteiger partial charge in [-0.3, -0.25) is 0 Å². The minimum atomic E-state index is -0.436. The summed E-state index contributed by atoms with van der Waals surface area (Å²) in [5.41, 5.74) is 0.671. The molecule has 1 N–H and O–H groups in total. The van der Waals surface area contributed by atoms with Crippen molar-refractivity contribution >= 4 is 29.3 Å². The van der Waals surface area contributed by atoms with E-state index in [1.165, 1.54) is 31.4 Å². The van der Waals surface area contributed by atoms with Crippen molar-refractivity contribution in [1.29, 1.82) is 0 Å². The number of hydrogen-bond donors (Lipinski definition) is 1. The van der Waals surface area contributed by atoms with Crippen molar-refractivity contribution in [2.75, 3.05) is 6.54 Å². The average Bonchev–Trinajstić information content (AvgIpc) is 2.60. The molecule has 2 rings (SSSR count). The Balaban J connectivity index is 2.10. The molecule has 1 fully saturated rings. The smallest absolute Gasteiger partial charge is 0.142 e. The van der Waals surface area contributed by atoms with Crippen LogP contribution in [0.4, 0.5) is 4.39 Å². The van der Waals surface area contributed by atoms with E-state index in [2.05, 4.69) is 11.4 Å². The molecule has 0 amide bonds. The van der Waals surface area contributed by atoms with Crippen LogP contribution in [0.3, 0.4) is 0 Å². The predicted molar refractivity (Wildman–Crippen MR) is 75.7 cm³/mol. The lowest BCUT2D eigenvalue weighted by Gasteiger charge is -2.10. The first kappa shape index (κ1) is 13.9. The third-order valence-corrected chi connectivity index (χ3v) is 3.76. The standard InChI is InChI=1S/C14H16Cl2FN/c15-12-9-13(16)14(17)8-10(12)5-6-11-4-2-1-3-7-18-11/h5-6,8-9,11,18H,1-4,7H2/b6-5+. The first-order chi connectivity index (χ1) is 8.66. The van der Waals surface area contributed by atoms with Gasteiger partial charge in [-0.2, -0.15) is 0 Å². The zero-order valence-electron chi connectivity index (χ0n) is 10.1. The summed E-state index contributed by atoms with van der Waals surface area (Å²) >= 11 is 11.7. The van der Waals surface area contributed by atoms with Crippen molar-refractivity contribution in [2.24, 2.45) is 0 Å². The minimum Gasteiger partial charge on any atom is -0.311 e. The van der Waals surface area contributed by atoms with Crippen LogP contribution in [0.5, 0.6) is 0 Å². The van der Waals surface area contributed by atoms with Crippen LogP contribution in [0.15, 0.2) is 18.2 Å². The molecule has 0 radical (unpaired) electrons. The lowest BCUT2D eigenvalue weighted by atomic mass is 10.1. The van der Waals surface area contributed by atoms with Gasteiger partial charge in [0.05, 0.1) is 5.02 Å². The van der Waals surface area contributed by atoms with Gasteiger partial charge in [0.15, 0.2) is 0 Å². The van der Waals surface area contributed by atoms with E-state index in [1.807, 2.05) is 6.08 Å². The molecule has 18 heavy (non-hydrogen) atoms. The highest BCUT2D eigenvalue weighted by atomic mass is 35.5. The Labute approximate surface area is 117 Å². The van der Waals surface area contributed by atoms with E-state index >= 15 is 0 Å². The van der Waals surface area contributed by atoms with Crippen molar-refractivity contribution < 1.29 is 4.39 Å². The molecule has 0 aliphatic carbocycles. The molecule has 1 aromatic rings. The quantitative estimate of drug-likeness (QED) is 0.779. The summed E-state index contributed by atoms with van der Waals surface area (Å²) in [6.45, 7) is 1.04. The predicted octanol–water partition coefficient (Wildman–Crippen LogP) is 4.68. The third kappa shape index (κ3) is 3.71. The Kier molecular flexibility index (Phi) is 5.04. The highest BCUT2D eigenvalue weighted by Gasteiger charge is 2.09. The molecule has 0 spiro atoms. The largest absolute Gasteiger partial charge is 0.311 e. The van der Waals surface area contributed by atoms with E-state index < -0.39 is 5.82 Å². The molecule has 0 saturated carbocycles. The fourth-order valence-electron chi connectivity index (χ4n) is 2.11. The molecule has 1 aromatic carbocycles. The zero-order chi connectivity index (χ0) is 13.0. The lowest BCUT2D eigenvalue weighted by molar-refractivity contribution is 0.599. The minimum absolute atomic E-state index is 0.0599. The molecular formula is C14H16Cl2FN. The summed E-state index contributed by atoms with van der Waals surface area (Å²) < 4.78 is 13.3. The summed E-state index contributed by atoms with van der Waals surface area (Å²) in [4.78, 5) is 0. The van der Waals surface area contributed by atoms with Gasteiger partial charge in [0.1, 0.15) is 5.82 Å². The Morgan fingerprint density at radius 1 is 1.17 bits per heavy atom. The maximum atomic E-state index is 13.3. The van der Waals surface area contributed by atoms with E-state index in [4.69, 9.17) is 23.2 Å². The zero-order valence-corrected chi connectivity index (χ0v) is 11.6. The van der Waals surface area contributed by atoms with Crippen LogP contribution in [0.2, 0.25) is 10.0 Å². The molecule has 1 atom stereocenters. The SMILES string of the molecule is Fc1cc(/C=C/C2CCCCCN2)c(Cl)cc1Cl. The van der Waals surface area contributed by atoms with Crippen molar-refractivity contribution in [1.82, 2.24) is 5.32 Å². The summed E-state index contributed by atoms with van der Waals surface area (Å²) in [6, 6.07) is 3.17. The van der Waals surface area contributed by atoms with Crippen LogP contribution < -0.4 is 5.32 Å². The second kappa shape index (κ2) is 6.55. The maximum absolute atomic E-state index is 13.3. The van der Waals surface area contributed by atoms with Crippen LogP contribution in [-0.2, 0) is 0 Å². The second-order valence-electron chi connectivity index (χ2n) is 4.56. The summed E-state index contributed by atoms with van der Waals surface area (Å²) in [5.74, 6) is -0.436. The van der Waals surface area contributed by atoms with Crippen LogP contribution in [0.25, 0.3) is 6.08 Å². The van der Waals surface area contributed by atoms with E-state index in [-0.39, 0.29) is 5.02 Å². The molecule has 1 nitrogen and oxygen atoms in total. The first-order valence-electron chi connectivity index (χ1n) is 6.23. The van der Waals surface area contributed by atoms with Gasteiger partial charge in [0.2, 0.25) is 0 Å². The first-order valence-corrected chi connectivity index (χ1v) is 6.98. The number of halogens is 3. The summed E-state index contributed by atoms with van der Waals surface area (Å²) in [7, 11) is 0. The third-order valence-electron chi connectivity index (χ3n) is 3.15. The summed E-state index contributed by atoms with van der Waals surface area (Å²) in [6.07, 6.45) is 8.76. The van der Waals surface area contributed by atoms with Gasteiger partial charge < -0.3 is 5.32 Å². The highest BCUT2D eigenvalue weighted by Crippen LogP contribution is 2.25. The number of hydrogen-bond acceptors (Lipinski definition) is 1. The monoisotopic (exact) mass is 287 g/mol. The number of rotatable bonds is 2. The van der Waals surface area contributed by atoms with Gasteiger partial charge >= 0.3 is 0 Å². The number of benzene rings is 1. The molecule has 4 heteroatoms. The van der Waals surface area contributed by atoms with Crippen LogP contribution in [0, 0.1) is 5.82 Å². The average molecular weight is 288 g/mol. The molecule has 1 aliphatic rings. The van der Waals surface area contributed by atoms with E-state index in [9.17, 15) is 4.39 Å². The Bertz CT molecular complexity index is 438. The highest BCUT2D eigenvalue weighted by molar-refractivity contribution is 6.35. The van der Waals surface area contributed by atoms with Crippen molar-refractivity contribution in [2.45, 2.75) is 31.7 Å². The molecule has 1 heterocycles. The van der Waals surface area contributed by atoms with Crippen LogP contribution >= 0.6 is 23.2 Å². The normalized spacial score (nSPS) is 21.2. The van der Waals surface area contributed by atoms with Crippen LogP contribution in [0.1, 0.15) is 31.2 Å². The molecule has 1 unspecified atom stereocenters. The Hall–Kier alpha value is -0.570. The van der Waals surface area contributed by atoms with E-state index in [0.29, 0.717) is 16.6 Å². The van der Waals surface area contributed by atoms with Gasteiger partial charge in [-0.15, -0.1) is 0 Å². The molecule has 0 aromatic heterocycles.